The Morgan fingerprint density at radius 2 is 1.70 bits per heavy atom. The van der Waals surface area contributed by atoms with Gasteiger partial charge in [0, 0.05) is 18.4 Å². The van der Waals surface area contributed by atoms with Gasteiger partial charge in [0.25, 0.3) is 0 Å². The summed E-state index contributed by atoms with van der Waals surface area (Å²) in [6.07, 6.45) is 3.15. The molecule has 0 saturated carbocycles. The first-order chi connectivity index (χ1) is 13.8. The summed E-state index contributed by atoms with van der Waals surface area (Å²) in [5.74, 6) is 0.199. The molecule has 0 amide bonds. The Morgan fingerprint density at radius 3 is 2.30 bits per heavy atom. The van der Waals surface area contributed by atoms with E-state index in [-0.39, 0.29) is 35.6 Å². The SMILES string of the molecule is CC(C)(C)C(=O)CCOCCOCCNS(=O)(=O)CCCc1cnnn1C(C)(C)C. The summed E-state index contributed by atoms with van der Waals surface area (Å²) in [6.45, 7) is 13.3. The van der Waals surface area contributed by atoms with E-state index in [0.717, 1.165) is 5.69 Å². The second-order valence-electron chi connectivity index (χ2n) is 9.27. The van der Waals surface area contributed by atoms with Gasteiger partial charge in [-0.25, -0.2) is 17.8 Å². The van der Waals surface area contributed by atoms with Crippen molar-refractivity contribution in [3.8, 4) is 0 Å². The fourth-order valence-electron chi connectivity index (χ4n) is 2.64. The van der Waals surface area contributed by atoms with Crippen LogP contribution in [0.1, 0.15) is 60.1 Å². The van der Waals surface area contributed by atoms with Gasteiger partial charge in [-0.3, -0.25) is 4.79 Å². The highest BCUT2D eigenvalue weighted by atomic mass is 32.2. The summed E-state index contributed by atoms with van der Waals surface area (Å²) >= 11 is 0. The van der Waals surface area contributed by atoms with E-state index in [1.54, 1.807) is 6.20 Å². The van der Waals surface area contributed by atoms with E-state index < -0.39 is 10.0 Å². The molecule has 0 aliphatic carbocycles. The van der Waals surface area contributed by atoms with Crippen molar-refractivity contribution in [2.75, 3.05) is 38.7 Å². The van der Waals surface area contributed by atoms with Crippen LogP contribution in [0.25, 0.3) is 0 Å². The van der Waals surface area contributed by atoms with Crippen LogP contribution in [0.2, 0.25) is 0 Å². The van der Waals surface area contributed by atoms with E-state index in [9.17, 15) is 13.2 Å². The molecular weight excluding hydrogens is 408 g/mol. The number of ketones is 1. The highest BCUT2D eigenvalue weighted by molar-refractivity contribution is 7.89. The van der Waals surface area contributed by atoms with Crippen molar-refractivity contribution < 1.29 is 22.7 Å². The summed E-state index contributed by atoms with van der Waals surface area (Å²) in [6, 6.07) is 0. The molecule has 0 radical (unpaired) electrons. The highest BCUT2D eigenvalue weighted by Crippen LogP contribution is 2.16. The normalized spacial score (nSPS) is 13.0. The van der Waals surface area contributed by atoms with Crippen LogP contribution in [0.3, 0.4) is 0 Å². The fourth-order valence-corrected chi connectivity index (χ4v) is 3.70. The molecule has 0 fully saturated rings. The molecule has 1 heterocycles. The number of rotatable bonds is 14. The number of nitrogens with zero attached hydrogens (tertiary/aromatic N) is 3. The molecule has 10 heteroatoms. The van der Waals surface area contributed by atoms with Crippen LogP contribution >= 0.6 is 0 Å². The third-order valence-corrected chi connectivity index (χ3v) is 5.82. The number of carbonyl (C=O) groups excluding carboxylic acids is 1. The second kappa shape index (κ2) is 11.9. The van der Waals surface area contributed by atoms with Gasteiger partial charge in [0.15, 0.2) is 0 Å². The fraction of sp³-hybridized carbons (Fsp3) is 0.850. The first kappa shape index (κ1) is 26.7. The van der Waals surface area contributed by atoms with E-state index in [1.807, 2.05) is 46.2 Å². The number of aromatic nitrogens is 3. The Kier molecular flexibility index (Phi) is 10.6. The molecule has 1 aromatic rings. The summed E-state index contributed by atoms with van der Waals surface area (Å²) in [7, 11) is -3.36. The molecule has 0 spiro atoms. The molecule has 0 atom stereocenters. The average Bonchev–Trinajstić information content (AvgIpc) is 3.08. The molecular formula is C20H38N4O5S. The summed E-state index contributed by atoms with van der Waals surface area (Å²) in [4.78, 5) is 11.8. The maximum Gasteiger partial charge on any atom is 0.211 e. The Balaban J connectivity index is 2.12. The first-order valence-electron chi connectivity index (χ1n) is 10.4. The summed E-state index contributed by atoms with van der Waals surface area (Å²) in [5.41, 5.74) is 0.388. The Hall–Kier alpha value is -1.36. The second-order valence-corrected chi connectivity index (χ2v) is 11.2. The Labute approximate surface area is 180 Å². The summed E-state index contributed by atoms with van der Waals surface area (Å²) in [5, 5.41) is 8.00. The minimum Gasteiger partial charge on any atom is -0.379 e. The van der Waals surface area contributed by atoms with Gasteiger partial charge in [0.05, 0.1) is 49.6 Å². The smallest absolute Gasteiger partial charge is 0.211 e. The third kappa shape index (κ3) is 10.6. The van der Waals surface area contributed by atoms with Gasteiger partial charge in [-0.05, 0) is 33.6 Å². The topological polar surface area (TPSA) is 112 Å². The average molecular weight is 447 g/mol. The quantitative estimate of drug-likeness (QED) is 0.434. The van der Waals surface area contributed by atoms with Crippen LogP contribution in [0.15, 0.2) is 6.20 Å². The molecule has 0 aromatic carbocycles. The van der Waals surface area contributed by atoms with Crippen molar-refractivity contribution in [1.82, 2.24) is 19.7 Å². The predicted octanol–water partition coefficient (Wildman–Crippen LogP) is 1.92. The van der Waals surface area contributed by atoms with Crippen LogP contribution < -0.4 is 4.72 Å². The number of hydrogen-bond donors (Lipinski definition) is 1. The minimum atomic E-state index is -3.36. The third-order valence-electron chi connectivity index (χ3n) is 4.35. The van der Waals surface area contributed by atoms with E-state index in [2.05, 4.69) is 15.0 Å². The zero-order valence-electron chi connectivity index (χ0n) is 19.2. The molecule has 0 aliphatic rings. The first-order valence-corrected chi connectivity index (χ1v) is 12.0. The monoisotopic (exact) mass is 446 g/mol. The Morgan fingerprint density at radius 1 is 1.07 bits per heavy atom. The van der Waals surface area contributed by atoms with Gasteiger partial charge in [-0.1, -0.05) is 26.0 Å². The van der Waals surface area contributed by atoms with Crippen LogP contribution in [-0.2, 0) is 36.3 Å². The van der Waals surface area contributed by atoms with Crippen molar-refractivity contribution in [2.45, 2.75) is 66.3 Å². The molecule has 1 aromatic heterocycles. The number of Topliss-reactive ketones (excluding diaryl/α,β-unsaturated/α-hetero) is 1. The predicted molar refractivity (Wildman–Crippen MR) is 116 cm³/mol. The lowest BCUT2D eigenvalue weighted by Gasteiger charge is -2.21. The Bertz CT molecular complexity index is 748. The van der Waals surface area contributed by atoms with Gasteiger partial charge < -0.3 is 9.47 Å². The number of hydrogen-bond acceptors (Lipinski definition) is 7. The number of sulfonamides is 1. The maximum atomic E-state index is 12.1. The van der Waals surface area contributed by atoms with Crippen LogP contribution in [0, 0.1) is 5.41 Å². The molecule has 30 heavy (non-hydrogen) atoms. The van der Waals surface area contributed by atoms with Crippen molar-refractivity contribution in [3.63, 3.8) is 0 Å². The lowest BCUT2D eigenvalue weighted by Crippen LogP contribution is -2.30. The highest BCUT2D eigenvalue weighted by Gasteiger charge is 2.20. The maximum absolute atomic E-state index is 12.1. The molecule has 1 rings (SSSR count). The molecule has 0 bridgehead atoms. The van der Waals surface area contributed by atoms with Crippen molar-refractivity contribution >= 4 is 15.8 Å². The van der Waals surface area contributed by atoms with E-state index in [1.165, 1.54) is 0 Å². The van der Waals surface area contributed by atoms with E-state index in [4.69, 9.17) is 9.47 Å². The molecule has 9 nitrogen and oxygen atoms in total. The van der Waals surface area contributed by atoms with E-state index >= 15 is 0 Å². The van der Waals surface area contributed by atoms with Gasteiger partial charge in [-0.15, -0.1) is 5.10 Å². The van der Waals surface area contributed by atoms with Gasteiger partial charge >= 0.3 is 0 Å². The minimum absolute atomic E-state index is 0.0350. The lowest BCUT2D eigenvalue weighted by molar-refractivity contribution is -0.127. The van der Waals surface area contributed by atoms with Crippen molar-refractivity contribution in [3.05, 3.63) is 11.9 Å². The number of aryl methyl sites for hydroxylation is 1. The molecule has 0 aliphatic heterocycles. The summed E-state index contributed by atoms with van der Waals surface area (Å²) < 4.78 is 39.3. The molecule has 174 valence electrons. The number of carbonyl (C=O) groups is 1. The number of ether oxygens (including phenoxy) is 2. The molecule has 0 saturated heterocycles. The standard InChI is InChI=1S/C20H38N4O5S/c1-19(2,3)18(25)9-11-28-13-14-29-12-10-22-30(26,27)15-7-8-17-16-21-23-24(17)20(4,5)6/h16,22H,7-15H2,1-6H3. The lowest BCUT2D eigenvalue weighted by atomic mass is 9.89. The van der Waals surface area contributed by atoms with Crippen LogP contribution in [0.5, 0.6) is 0 Å². The number of nitrogens with one attached hydrogen (secondary N) is 1. The van der Waals surface area contributed by atoms with Crippen LogP contribution in [0.4, 0.5) is 0 Å². The molecule has 1 N–H and O–H groups in total. The van der Waals surface area contributed by atoms with Crippen molar-refractivity contribution in [2.24, 2.45) is 5.41 Å². The molecule has 0 unspecified atom stereocenters. The zero-order chi connectivity index (χ0) is 22.8. The van der Waals surface area contributed by atoms with Crippen LogP contribution in [-0.4, -0.2) is 67.9 Å². The van der Waals surface area contributed by atoms with Crippen molar-refractivity contribution in [1.29, 1.82) is 0 Å². The van der Waals surface area contributed by atoms with Gasteiger partial charge in [0.2, 0.25) is 10.0 Å². The largest absolute Gasteiger partial charge is 0.379 e. The van der Waals surface area contributed by atoms with Gasteiger partial charge in [-0.2, -0.15) is 0 Å². The van der Waals surface area contributed by atoms with Gasteiger partial charge in [0.1, 0.15) is 5.78 Å². The van der Waals surface area contributed by atoms with E-state index in [0.29, 0.717) is 39.1 Å². The zero-order valence-corrected chi connectivity index (χ0v) is 20.0.